The molecule has 4 aliphatic rings. The van der Waals surface area contributed by atoms with E-state index in [0.717, 1.165) is 32.4 Å². The van der Waals surface area contributed by atoms with E-state index in [9.17, 15) is 8.42 Å². The molecule has 132 valence electrons. The van der Waals surface area contributed by atoms with E-state index in [1.165, 1.54) is 25.9 Å². The number of likely N-dealkylation sites (tertiary alicyclic amines) is 1. The van der Waals surface area contributed by atoms with Crippen LogP contribution in [-0.2, 0) is 19.5 Å². The lowest BCUT2D eigenvalue weighted by molar-refractivity contribution is -0.0512. The first-order valence-corrected chi connectivity index (χ1v) is 10.5. The van der Waals surface area contributed by atoms with Crippen LogP contribution >= 0.6 is 0 Å². The van der Waals surface area contributed by atoms with Crippen molar-refractivity contribution in [3.8, 4) is 0 Å². The maximum absolute atomic E-state index is 12.6. The van der Waals surface area contributed by atoms with Crippen LogP contribution in [0.4, 0.5) is 0 Å². The highest BCUT2D eigenvalue weighted by Crippen LogP contribution is 2.37. The van der Waals surface area contributed by atoms with Gasteiger partial charge in [0.05, 0.1) is 25.1 Å². The summed E-state index contributed by atoms with van der Waals surface area (Å²) in [5, 5.41) is -0.153. The van der Waals surface area contributed by atoms with Crippen LogP contribution in [0.25, 0.3) is 0 Å². The van der Waals surface area contributed by atoms with Gasteiger partial charge < -0.3 is 14.4 Å². The molecule has 4 fully saturated rings. The number of hydrogen-bond acceptors (Lipinski definition) is 5. The van der Waals surface area contributed by atoms with E-state index in [-0.39, 0.29) is 5.25 Å². The standard InChI is InChI=1S/C16H28N2O4S/c19-23(20,15-3-4-15)18-7-8-21-13-16(12-18)9-14(11-22-16)10-17-5-1-2-6-17/h14-15H,1-13H2/t14-,16-/m0/s1. The Balaban J connectivity index is 1.42. The van der Waals surface area contributed by atoms with Crippen molar-refractivity contribution in [1.82, 2.24) is 9.21 Å². The van der Waals surface area contributed by atoms with Crippen LogP contribution in [0.1, 0.15) is 32.1 Å². The lowest BCUT2D eigenvalue weighted by Gasteiger charge is -2.31. The predicted octanol–water partition coefficient (Wildman–Crippen LogP) is 0.682. The molecule has 0 aromatic carbocycles. The lowest BCUT2D eigenvalue weighted by atomic mass is 9.94. The van der Waals surface area contributed by atoms with Crippen molar-refractivity contribution in [2.75, 3.05) is 52.5 Å². The van der Waals surface area contributed by atoms with Crippen molar-refractivity contribution in [3.63, 3.8) is 0 Å². The van der Waals surface area contributed by atoms with E-state index in [2.05, 4.69) is 4.90 Å². The molecule has 3 aliphatic heterocycles. The summed E-state index contributed by atoms with van der Waals surface area (Å²) >= 11 is 0. The number of ether oxygens (including phenoxy) is 2. The third-order valence-electron chi connectivity index (χ3n) is 5.62. The van der Waals surface area contributed by atoms with Gasteiger partial charge in [-0.25, -0.2) is 8.42 Å². The average Bonchev–Trinajstić information content (AvgIpc) is 3.20. The van der Waals surface area contributed by atoms with Crippen molar-refractivity contribution in [2.24, 2.45) is 5.92 Å². The first-order valence-electron chi connectivity index (χ1n) is 9.00. The highest BCUT2D eigenvalue weighted by atomic mass is 32.2. The molecule has 0 bridgehead atoms. The summed E-state index contributed by atoms with van der Waals surface area (Å²) in [4.78, 5) is 2.52. The Morgan fingerprint density at radius 2 is 1.91 bits per heavy atom. The van der Waals surface area contributed by atoms with Crippen molar-refractivity contribution in [1.29, 1.82) is 0 Å². The summed E-state index contributed by atoms with van der Waals surface area (Å²) in [6, 6.07) is 0. The fourth-order valence-electron chi connectivity index (χ4n) is 4.26. The van der Waals surface area contributed by atoms with E-state index in [1.807, 2.05) is 0 Å². The summed E-state index contributed by atoms with van der Waals surface area (Å²) in [7, 11) is -3.15. The molecule has 7 heteroatoms. The lowest BCUT2D eigenvalue weighted by Crippen LogP contribution is -2.47. The molecule has 1 spiro atoms. The third kappa shape index (κ3) is 3.44. The zero-order valence-electron chi connectivity index (χ0n) is 13.8. The molecular weight excluding hydrogens is 316 g/mol. The third-order valence-corrected chi connectivity index (χ3v) is 7.97. The summed E-state index contributed by atoms with van der Waals surface area (Å²) in [5.41, 5.74) is -0.428. The molecule has 2 atom stereocenters. The van der Waals surface area contributed by atoms with Gasteiger partial charge in [-0.15, -0.1) is 0 Å². The first-order chi connectivity index (χ1) is 11.1. The molecule has 6 nitrogen and oxygen atoms in total. The fraction of sp³-hybridized carbons (Fsp3) is 1.00. The zero-order valence-corrected chi connectivity index (χ0v) is 14.6. The van der Waals surface area contributed by atoms with Gasteiger partial charge in [0.2, 0.25) is 10.0 Å². The Kier molecular flexibility index (Phi) is 4.43. The summed E-state index contributed by atoms with van der Waals surface area (Å²) in [5.74, 6) is 0.500. The molecule has 0 unspecified atom stereocenters. The van der Waals surface area contributed by atoms with Gasteiger partial charge in [0.1, 0.15) is 5.60 Å². The molecule has 23 heavy (non-hydrogen) atoms. The van der Waals surface area contributed by atoms with Crippen LogP contribution in [0.3, 0.4) is 0 Å². The van der Waals surface area contributed by atoms with Crippen LogP contribution in [-0.4, -0.2) is 81.0 Å². The second-order valence-corrected chi connectivity index (χ2v) is 9.92. The minimum absolute atomic E-state index is 0.153. The smallest absolute Gasteiger partial charge is 0.217 e. The Bertz CT molecular complexity index is 530. The van der Waals surface area contributed by atoms with Gasteiger partial charge in [0.15, 0.2) is 0 Å². The van der Waals surface area contributed by atoms with Crippen molar-refractivity contribution in [2.45, 2.75) is 43.0 Å². The Morgan fingerprint density at radius 1 is 1.13 bits per heavy atom. The van der Waals surface area contributed by atoms with Crippen molar-refractivity contribution < 1.29 is 17.9 Å². The second-order valence-electron chi connectivity index (χ2n) is 7.70. The molecule has 0 N–H and O–H groups in total. The van der Waals surface area contributed by atoms with Crippen LogP contribution in [0.15, 0.2) is 0 Å². The molecule has 0 aromatic heterocycles. The number of nitrogens with zero attached hydrogens (tertiary/aromatic N) is 2. The Morgan fingerprint density at radius 3 is 2.65 bits per heavy atom. The largest absolute Gasteiger partial charge is 0.377 e. The van der Waals surface area contributed by atoms with E-state index in [4.69, 9.17) is 9.47 Å². The maximum Gasteiger partial charge on any atom is 0.217 e. The first kappa shape index (κ1) is 16.3. The molecule has 0 radical (unpaired) electrons. The summed E-state index contributed by atoms with van der Waals surface area (Å²) in [6.45, 7) is 6.16. The summed E-state index contributed by atoms with van der Waals surface area (Å²) < 4.78 is 38.7. The van der Waals surface area contributed by atoms with Gasteiger partial charge in [0.25, 0.3) is 0 Å². The van der Waals surface area contributed by atoms with Crippen molar-refractivity contribution in [3.05, 3.63) is 0 Å². The molecule has 0 aromatic rings. The molecule has 3 heterocycles. The van der Waals surface area contributed by atoms with Gasteiger partial charge in [0, 0.05) is 19.6 Å². The number of sulfonamides is 1. The zero-order chi connectivity index (χ0) is 15.9. The molecule has 4 rings (SSSR count). The number of rotatable bonds is 4. The van der Waals surface area contributed by atoms with Crippen LogP contribution in [0.2, 0.25) is 0 Å². The van der Waals surface area contributed by atoms with Gasteiger partial charge >= 0.3 is 0 Å². The van der Waals surface area contributed by atoms with Crippen LogP contribution in [0.5, 0.6) is 0 Å². The van der Waals surface area contributed by atoms with E-state index < -0.39 is 15.6 Å². The quantitative estimate of drug-likeness (QED) is 0.751. The highest BCUT2D eigenvalue weighted by molar-refractivity contribution is 7.90. The van der Waals surface area contributed by atoms with Gasteiger partial charge in [-0.3, -0.25) is 0 Å². The highest BCUT2D eigenvalue weighted by Gasteiger charge is 2.48. The van der Waals surface area contributed by atoms with Crippen LogP contribution in [0, 0.1) is 5.92 Å². The van der Waals surface area contributed by atoms with Gasteiger partial charge in [-0.2, -0.15) is 4.31 Å². The topological polar surface area (TPSA) is 59.1 Å². The van der Waals surface area contributed by atoms with Crippen molar-refractivity contribution >= 4 is 10.0 Å². The fourth-order valence-corrected chi connectivity index (χ4v) is 6.16. The predicted molar refractivity (Wildman–Crippen MR) is 86.8 cm³/mol. The Hall–Kier alpha value is -0.210. The minimum Gasteiger partial charge on any atom is -0.377 e. The van der Waals surface area contributed by atoms with E-state index in [0.29, 0.717) is 32.2 Å². The molecule has 0 amide bonds. The summed E-state index contributed by atoms with van der Waals surface area (Å²) in [6.07, 6.45) is 5.14. The minimum atomic E-state index is -3.15. The SMILES string of the molecule is O=S(=O)(C1CC1)N1CCOC[C@]2(C[C@@H](CN3CCCC3)CO2)C1. The van der Waals surface area contributed by atoms with Gasteiger partial charge in [-0.05, 0) is 51.1 Å². The average molecular weight is 344 g/mol. The molecular formula is C16H28N2O4S. The monoisotopic (exact) mass is 344 g/mol. The Labute approximate surface area is 139 Å². The van der Waals surface area contributed by atoms with Crippen LogP contribution < -0.4 is 0 Å². The maximum atomic E-state index is 12.6. The molecule has 3 saturated heterocycles. The van der Waals surface area contributed by atoms with Gasteiger partial charge in [-0.1, -0.05) is 0 Å². The number of hydrogen-bond donors (Lipinski definition) is 0. The second kappa shape index (κ2) is 6.26. The van der Waals surface area contributed by atoms with E-state index >= 15 is 0 Å². The molecule has 1 aliphatic carbocycles. The van der Waals surface area contributed by atoms with E-state index in [1.54, 1.807) is 4.31 Å². The normalized spacial score (nSPS) is 37.5. The molecule has 1 saturated carbocycles.